The summed E-state index contributed by atoms with van der Waals surface area (Å²) in [6, 6.07) is 11.5. The van der Waals surface area contributed by atoms with E-state index in [1.807, 2.05) is 18.2 Å². The molecule has 0 aliphatic carbocycles. The molecule has 4 nitrogen and oxygen atoms in total. The third-order valence-electron chi connectivity index (χ3n) is 3.93. The number of nitrogens with one attached hydrogen (secondary N) is 2. The zero-order valence-electron chi connectivity index (χ0n) is 12.4. The molecule has 22 heavy (non-hydrogen) atoms. The summed E-state index contributed by atoms with van der Waals surface area (Å²) in [7, 11) is 0. The largest absolute Gasteiger partial charge is 0.451 e. The van der Waals surface area contributed by atoms with E-state index in [0.717, 1.165) is 24.9 Å². The van der Waals surface area contributed by atoms with E-state index in [-0.39, 0.29) is 11.9 Å². The molecule has 1 aromatic heterocycles. The van der Waals surface area contributed by atoms with Gasteiger partial charge in [0, 0.05) is 17.6 Å². The first-order chi connectivity index (χ1) is 10.6. The van der Waals surface area contributed by atoms with Crippen molar-refractivity contribution in [2.45, 2.75) is 31.8 Å². The van der Waals surface area contributed by atoms with Crippen molar-refractivity contribution in [3.05, 3.63) is 47.2 Å². The highest BCUT2D eigenvalue weighted by Crippen LogP contribution is 2.29. The lowest BCUT2D eigenvalue weighted by atomic mass is 10.0. The molecule has 1 aliphatic heterocycles. The maximum Gasteiger partial charge on any atom is 0.287 e. The summed E-state index contributed by atoms with van der Waals surface area (Å²) in [5, 5.41) is 7.01. The van der Waals surface area contributed by atoms with Gasteiger partial charge in [0.25, 0.3) is 5.91 Å². The van der Waals surface area contributed by atoms with E-state index in [2.05, 4.69) is 17.6 Å². The standard InChI is InChI=1S/C17H19ClN2O2/c1-11-10-12(8-9-19-11)20-17(21)16-7-6-15(22-16)13-4-2-3-5-14(13)18/h2-7,11-12,19H,8-10H2,1H3,(H,20,21). The SMILES string of the molecule is CC1CC(NC(=O)c2ccc(-c3ccccc3Cl)o2)CCN1. The molecule has 2 heterocycles. The van der Waals surface area contributed by atoms with Crippen LogP contribution in [0, 0.1) is 0 Å². The number of rotatable bonds is 3. The Morgan fingerprint density at radius 2 is 2.14 bits per heavy atom. The summed E-state index contributed by atoms with van der Waals surface area (Å²) >= 11 is 6.15. The topological polar surface area (TPSA) is 54.3 Å². The van der Waals surface area contributed by atoms with Gasteiger partial charge in [0.1, 0.15) is 5.76 Å². The van der Waals surface area contributed by atoms with Crippen molar-refractivity contribution in [2.24, 2.45) is 0 Å². The fraction of sp³-hybridized carbons (Fsp3) is 0.353. The third-order valence-corrected chi connectivity index (χ3v) is 4.26. The molecule has 0 radical (unpaired) electrons. The first-order valence-electron chi connectivity index (χ1n) is 7.52. The molecule has 3 rings (SSSR count). The van der Waals surface area contributed by atoms with Crippen LogP contribution < -0.4 is 10.6 Å². The normalized spacial score (nSPS) is 21.5. The zero-order valence-corrected chi connectivity index (χ0v) is 13.2. The molecular formula is C17H19ClN2O2. The molecule has 0 spiro atoms. The Morgan fingerprint density at radius 3 is 2.91 bits per heavy atom. The molecule has 1 aromatic carbocycles. The minimum absolute atomic E-state index is 0.169. The number of amides is 1. The highest BCUT2D eigenvalue weighted by atomic mass is 35.5. The number of piperidine rings is 1. The van der Waals surface area contributed by atoms with Crippen LogP contribution in [0.25, 0.3) is 11.3 Å². The van der Waals surface area contributed by atoms with Crippen LogP contribution in [0.4, 0.5) is 0 Å². The van der Waals surface area contributed by atoms with Gasteiger partial charge in [-0.1, -0.05) is 23.7 Å². The van der Waals surface area contributed by atoms with Crippen molar-refractivity contribution in [1.29, 1.82) is 0 Å². The number of carbonyl (C=O) groups excluding carboxylic acids is 1. The second kappa shape index (κ2) is 6.55. The molecule has 5 heteroatoms. The van der Waals surface area contributed by atoms with Crippen molar-refractivity contribution < 1.29 is 9.21 Å². The second-order valence-corrected chi connectivity index (χ2v) is 6.10. The third kappa shape index (κ3) is 3.34. The molecule has 2 N–H and O–H groups in total. The quantitative estimate of drug-likeness (QED) is 0.911. The van der Waals surface area contributed by atoms with Gasteiger partial charge in [-0.05, 0) is 50.6 Å². The molecule has 116 valence electrons. The minimum Gasteiger partial charge on any atom is -0.451 e. The summed E-state index contributed by atoms with van der Waals surface area (Å²) in [5.41, 5.74) is 0.790. The van der Waals surface area contributed by atoms with E-state index in [1.165, 1.54) is 0 Å². The van der Waals surface area contributed by atoms with E-state index < -0.39 is 0 Å². The van der Waals surface area contributed by atoms with E-state index in [4.69, 9.17) is 16.0 Å². The molecule has 0 saturated carbocycles. The molecule has 1 amide bonds. The second-order valence-electron chi connectivity index (χ2n) is 5.69. The van der Waals surface area contributed by atoms with Gasteiger partial charge < -0.3 is 15.1 Å². The predicted octanol–water partition coefficient (Wildman–Crippen LogP) is 3.47. The Kier molecular flexibility index (Phi) is 4.50. The number of benzene rings is 1. The van der Waals surface area contributed by atoms with Gasteiger partial charge in [0.15, 0.2) is 5.76 Å². The predicted molar refractivity (Wildman–Crippen MR) is 87.1 cm³/mol. The first-order valence-corrected chi connectivity index (χ1v) is 7.90. The van der Waals surface area contributed by atoms with Crippen LogP contribution >= 0.6 is 11.6 Å². The first kappa shape index (κ1) is 15.1. The van der Waals surface area contributed by atoms with Crippen LogP contribution in [-0.2, 0) is 0 Å². The number of carbonyl (C=O) groups is 1. The highest BCUT2D eigenvalue weighted by Gasteiger charge is 2.22. The van der Waals surface area contributed by atoms with Gasteiger partial charge in [-0.25, -0.2) is 0 Å². The Balaban J connectivity index is 1.71. The van der Waals surface area contributed by atoms with Crippen molar-refractivity contribution in [2.75, 3.05) is 6.54 Å². The number of hydrogen-bond donors (Lipinski definition) is 2. The van der Waals surface area contributed by atoms with Gasteiger partial charge >= 0.3 is 0 Å². The number of furan rings is 1. The van der Waals surface area contributed by atoms with Crippen LogP contribution in [-0.4, -0.2) is 24.5 Å². The fourth-order valence-corrected chi connectivity index (χ4v) is 3.01. The summed E-state index contributed by atoms with van der Waals surface area (Å²) in [4.78, 5) is 12.3. The van der Waals surface area contributed by atoms with Crippen molar-refractivity contribution >= 4 is 17.5 Å². The lowest BCUT2D eigenvalue weighted by Crippen LogP contribution is -2.46. The molecular weight excluding hydrogens is 300 g/mol. The van der Waals surface area contributed by atoms with E-state index in [0.29, 0.717) is 22.6 Å². The van der Waals surface area contributed by atoms with Gasteiger partial charge in [0.05, 0.1) is 5.02 Å². The molecule has 2 atom stereocenters. The number of halogens is 1. The average molecular weight is 319 g/mol. The number of hydrogen-bond acceptors (Lipinski definition) is 3. The Bertz CT molecular complexity index is 668. The van der Waals surface area contributed by atoms with E-state index in [1.54, 1.807) is 18.2 Å². The monoisotopic (exact) mass is 318 g/mol. The van der Waals surface area contributed by atoms with Crippen molar-refractivity contribution in [3.8, 4) is 11.3 Å². The van der Waals surface area contributed by atoms with Gasteiger partial charge in [-0.2, -0.15) is 0 Å². The average Bonchev–Trinajstić information content (AvgIpc) is 2.97. The summed E-state index contributed by atoms with van der Waals surface area (Å²) in [5.74, 6) is 0.757. The molecule has 2 unspecified atom stereocenters. The van der Waals surface area contributed by atoms with Gasteiger partial charge in [0.2, 0.25) is 0 Å². The Labute approximate surface area is 134 Å². The zero-order chi connectivity index (χ0) is 15.5. The molecule has 1 aliphatic rings. The van der Waals surface area contributed by atoms with Crippen LogP contribution in [0.2, 0.25) is 5.02 Å². The molecule has 1 saturated heterocycles. The minimum atomic E-state index is -0.169. The summed E-state index contributed by atoms with van der Waals surface area (Å²) in [6.07, 6.45) is 1.87. The van der Waals surface area contributed by atoms with Crippen molar-refractivity contribution in [3.63, 3.8) is 0 Å². The lowest BCUT2D eigenvalue weighted by Gasteiger charge is -2.28. The molecule has 0 bridgehead atoms. The lowest BCUT2D eigenvalue weighted by molar-refractivity contribution is 0.0898. The summed E-state index contributed by atoms with van der Waals surface area (Å²) < 4.78 is 5.67. The fourth-order valence-electron chi connectivity index (χ4n) is 2.79. The molecule has 1 fully saturated rings. The van der Waals surface area contributed by atoms with Gasteiger partial charge in [-0.15, -0.1) is 0 Å². The van der Waals surface area contributed by atoms with Crippen LogP contribution in [0.15, 0.2) is 40.8 Å². The van der Waals surface area contributed by atoms with Crippen LogP contribution in [0.5, 0.6) is 0 Å². The maximum atomic E-state index is 12.3. The molecule has 2 aromatic rings. The van der Waals surface area contributed by atoms with Crippen LogP contribution in [0.3, 0.4) is 0 Å². The van der Waals surface area contributed by atoms with Gasteiger partial charge in [-0.3, -0.25) is 4.79 Å². The van der Waals surface area contributed by atoms with E-state index >= 15 is 0 Å². The Hall–Kier alpha value is -1.78. The van der Waals surface area contributed by atoms with Crippen LogP contribution in [0.1, 0.15) is 30.3 Å². The van der Waals surface area contributed by atoms with Crippen molar-refractivity contribution in [1.82, 2.24) is 10.6 Å². The smallest absolute Gasteiger partial charge is 0.287 e. The maximum absolute atomic E-state index is 12.3. The summed E-state index contributed by atoms with van der Waals surface area (Å²) in [6.45, 7) is 3.05. The van der Waals surface area contributed by atoms with E-state index in [9.17, 15) is 4.79 Å². The Morgan fingerprint density at radius 1 is 1.32 bits per heavy atom. The highest BCUT2D eigenvalue weighted by molar-refractivity contribution is 6.33.